The third-order valence-corrected chi connectivity index (χ3v) is 5.35. The summed E-state index contributed by atoms with van der Waals surface area (Å²) in [6.07, 6.45) is 2.83. The highest BCUT2D eigenvalue weighted by Crippen LogP contribution is 2.25. The largest absolute Gasteiger partial charge is 0.399 e. The summed E-state index contributed by atoms with van der Waals surface area (Å²) in [7, 11) is -3.21. The van der Waals surface area contributed by atoms with Gasteiger partial charge in [-0.05, 0) is 37.0 Å². The molecule has 2 rings (SSSR count). The lowest BCUT2D eigenvalue weighted by Crippen LogP contribution is -2.35. The van der Waals surface area contributed by atoms with Crippen molar-refractivity contribution in [2.75, 3.05) is 12.3 Å². The van der Waals surface area contributed by atoms with Gasteiger partial charge in [-0.3, -0.25) is 0 Å². The molecule has 1 aliphatic rings. The lowest BCUT2D eigenvalue weighted by molar-refractivity contribution is 0.379. The molecule has 0 spiro atoms. The standard InChI is InChI=1S/C13H20N2O2S/c1-2-13-7-4-8-15(13)18(16,17)10-11-5-3-6-12(14)9-11/h3,5-6,9,13H,2,4,7-8,10,14H2,1H3. The van der Waals surface area contributed by atoms with E-state index in [1.807, 2.05) is 13.0 Å². The minimum absolute atomic E-state index is 0.0501. The van der Waals surface area contributed by atoms with E-state index in [0.717, 1.165) is 24.8 Å². The predicted octanol–water partition coefficient (Wildman–Crippen LogP) is 1.97. The van der Waals surface area contributed by atoms with E-state index < -0.39 is 10.0 Å². The Morgan fingerprint density at radius 2 is 2.22 bits per heavy atom. The van der Waals surface area contributed by atoms with Crippen molar-refractivity contribution in [1.29, 1.82) is 0 Å². The second kappa shape index (κ2) is 5.28. The molecule has 5 heteroatoms. The van der Waals surface area contributed by atoms with Crippen LogP contribution in [0.5, 0.6) is 0 Å². The fourth-order valence-electron chi connectivity index (χ4n) is 2.56. The van der Waals surface area contributed by atoms with Crippen LogP contribution in [0.1, 0.15) is 31.7 Å². The molecule has 0 bridgehead atoms. The molecule has 4 nitrogen and oxygen atoms in total. The van der Waals surface area contributed by atoms with Crippen LogP contribution in [-0.2, 0) is 15.8 Å². The Bertz CT molecular complexity index is 513. The van der Waals surface area contributed by atoms with Crippen LogP contribution in [0, 0.1) is 0 Å². The zero-order valence-corrected chi connectivity index (χ0v) is 11.5. The van der Waals surface area contributed by atoms with Crippen molar-refractivity contribution in [3.05, 3.63) is 29.8 Å². The van der Waals surface area contributed by atoms with Crippen LogP contribution >= 0.6 is 0 Å². The van der Waals surface area contributed by atoms with E-state index in [2.05, 4.69) is 0 Å². The van der Waals surface area contributed by atoms with Gasteiger partial charge in [0.1, 0.15) is 0 Å². The van der Waals surface area contributed by atoms with Crippen LogP contribution in [-0.4, -0.2) is 25.3 Å². The normalized spacial score (nSPS) is 21.3. The molecule has 1 atom stereocenters. The van der Waals surface area contributed by atoms with E-state index in [4.69, 9.17) is 5.73 Å². The van der Waals surface area contributed by atoms with Crippen molar-refractivity contribution >= 4 is 15.7 Å². The van der Waals surface area contributed by atoms with Crippen molar-refractivity contribution in [3.63, 3.8) is 0 Å². The molecule has 1 fully saturated rings. The van der Waals surface area contributed by atoms with Crippen LogP contribution in [0.3, 0.4) is 0 Å². The van der Waals surface area contributed by atoms with Gasteiger partial charge in [-0.2, -0.15) is 4.31 Å². The molecule has 100 valence electrons. The van der Waals surface area contributed by atoms with Gasteiger partial charge in [0.25, 0.3) is 0 Å². The highest BCUT2D eigenvalue weighted by Gasteiger charge is 2.32. The minimum Gasteiger partial charge on any atom is -0.399 e. The van der Waals surface area contributed by atoms with E-state index in [-0.39, 0.29) is 11.8 Å². The van der Waals surface area contributed by atoms with Gasteiger partial charge in [0, 0.05) is 18.3 Å². The van der Waals surface area contributed by atoms with Gasteiger partial charge in [0.2, 0.25) is 10.0 Å². The number of benzene rings is 1. The smallest absolute Gasteiger partial charge is 0.218 e. The monoisotopic (exact) mass is 268 g/mol. The summed E-state index contributed by atoms with van der Waals surface area (Å²) in [6, 6.07) is 7.28. The van der Waals surface area contributed by atoms with Crippen molar-refractivity contribution in [2.45, 2.75) is 38.0 Å². The molecule has 0 saturated carbocycles. The Labute approximate surface area is 109 Å². The highest BCUT2D eigenvalue weighted by molar-refractivity contribution is 7.88. The van der Waals surface area contributed by atoms with Crippen LogP contribution in [0.15, 0.2) is 24.3 Å². The first-order chi connectivity index (χ1) is 8.53. The van der Waals surface area contributed by atoms with Crippen LogP contribution < -0.4 is 5.73 Å². The van der Waals surface area contributed by atoms with E-state index in [0.29, 0.717) is 12.2 Å². The van der Waals surface area contributed by atoms with Crippen LogP contribution in [0.4, 0.5) is 5.69 Å². The summed E-state index contributed by atoms with van der Waals surface area (Å²) in [5, 5.41) is 0. The minimum atomic E-state index is -3.21. The average molecular weight is 268 g/mol. The second-order valence-corrected chi connectivity index (χ2v) is 6.74. The molecule has 1 aromatic rings. The molecule has 1 aromatic carbocycles. The predicted molar refractivity (Wildman–Crippen MR) is 73.5 cm³/mol. The first kappa shape index (κ1) is 13.4. The van der Waals surface area contributed by atoms with E-state index in [9.17, 15) is 8.42 Å². The Morgan fingerprint density at radius 3 is 2.89 bits per heavy atom. The Kier molecular flexibility index (Phi) is 3.92. The molecular weight excluding hydrogens is 248 g/mol. The van der Waals surface area contributed by atoms with Gasteiger partial charge in [0.15, 0.2) is 0 Å². The number of nitrogens with two attached hydrogens (primary N) is 1. The summed E-state index contributed by atoms with van der Waals surface area (Å²) in [5.41, 5.74) is 7.04. The molecule has 18 heavy (non-hydrogen) atoms. The number of hydrogen-bond donors (Lipinski definition) is 1. The molecule has 0 aromatic heterocycles. The molecule has 0 radical (unpaired) electrons. The van der Waals surface area contributed by atoms with Gasteiger partial charge >= 0.3 is 0 Å². The van der Waals surface area contributed by atoms with E-state index in [1.54, 1.807) is 22.5 Å². The fourth-order valence-corrected chi connectivity index (χ4v) is 4.44. The molecule has 1 saturated heterocycles. The quantitative estimate of drug-likeness (QED) is 0.849. The maximum atomic E-state index is 12.4. The van der Waals surface area contributed by atoms with Crippen molar-refractivity contribution < 1.29 is 8.42 Å². The third kappa shape index (κ3) is 2.84. The lowest BCUT2D eigenvalue weighted by Gasteiger charge is -2.23. The molecular formula is C13H20N2O2S. The number of nitrogen functional groups attached to an aromatic ring is 1. The molecule has 1 aliphatic heterocycles. The number of nitrogens with zero attached hydrogens (tertiary/aromatic N) is 1. The summed E-state index contributed by atoms with van der Waals surface area (Å²) in [6.45, 7) is 2.70. The number of rotatable bonds is 4. The molecule has 1 heterocycles. The first-order valence-corrected chi connectivity index (χ1v) is 7.98. The van der Waals surface area contributed by atoms with Gasteiger partial charge < -0.3 is 5.73 Å². The Hall–Kier alpha value is -1.07. The van der Waals surface area contributed by atoms with Gasteiger partial charge in [-0.1, -0.05) is 19.1 Å². The van der Waals surface area contributed by atoms with Crippen molar-refractivity contribution in [3.8, 4) is 0 Å². The topological polar surface area (TPSA) is 63.4 Å². The third-order valence-electron chi connectivity index (χ3n) is 3.45. The molecule has 0 aliphatic carbocycles. The molecule has 0 amide bonds. The summed E-state index contributed by atoms with van der Waals surface area (Å²) >= 11 is 0. The lowest BCUT2D eigenvalue weighted by atomic mass is 10.2. The highest BCUT2D eigenvalue weighted by atomic mass is 32.2. The molecule has 2 N–H and O–H groups in total. The van der Waals surface area contributed by atoms with Crippen LogP contribution in [0.25, 0.3) is 0 Å². The molecule has 1 unspecified atom stereocenters. The van der Waals surface area contributed by atoms with Crippen molar-refractivity contribution in [1.82, 2.24) is 4.31 Å². The maximum absolute atomic E-state index is 12.4. The van der Waals surface area contributed by atoms with Gasteiger partial charge in [0.05, 0.1) is 5.75 Å². The Morgan fingerprint density at radius 1 is 1.44 bits per heavy atom. The second-order valence-electron chi connectivity index (χ2n) is 4.82. The number of hydrogen-bond acceptors (Lipinski definition) is 3. The number of sulfonamides is 1. The summed E-state index contributed by atoms with van der Waals surface area (Å²) in [5.74, 6) is 0.0501. The SMILES string of the molecule is CCC1CCCN1S(=O)(=O)Cc1cccc(N)c1. The Balaban J connectivity index is 2.17. The van der Waals surface area contributed by atoms with Gasteiger partial charge in [-0.15, -0.1) is 0 Å². The average Bonchev–Trinajstić information content (AvgIpc) is 2.77. The van der Waals surface area contributed by atoms with Crippen molar-refractivity contribution in [2.24, 2.45) is 0 Å². The zero-order chi connectivity index (χ0) is 13.2. The summed E-state index contributed by atoms with van der Waals surface area (Å²) < 4.78 is 26.4. The van der Waals surface area contributed by atoms with E-state index >= 15 is 0 Å². The fraction of sp³-hybridized carbons (Fsp3) is 0.538. The maximum Gasteiger partial charge on any atom is 0.218 e. The van der Waals surface area contributed by atoms with Gasteiger partial charge in [-0.25, -0.2) is 8.42 Å². The van der Waals surface area contributed by atoms with Crippen LogP contribution in [0.2, 0.25) is 0 Å². The number of anilines is 1. The zero-order valence-electron chi connectivity index (χ0n) is 10.7. The first-order valence-electron chi connectivity index (χ1n) is 6.37. The summed E-state index contributed by atoms with van der Waals surface area (Å²) in [4.78, 5) is 0. The van der Waals surface area contributed by atoms with E-state index in [1.165, 1.54) is 0 Å².